The maximum Gasteiger partial charge on any atom is 0.252 e. The number of fused-ring (bicyclic) bond motifs is 3. The van der Waals surface area contributed by atoms with Gasteiger partial charge in [-0.3, -0.25) is 9.59 Å². The molecule has 3 N–H and O–H groups in total. The van der Waals surface area contributed by atoms with Crippen LogP contribution >= 0.6 is 0 Å². The first-order valence-corrected chi connectivity index (χ1v) is 9.77. The number of anilines is 1. The SMILES string of the molecule is CC1(C)O[C@@H]2O[C@H](C(=O)NCC(=O)Nc3ccccc3O)[C@@H]3OC(C)(C)O[C@H]3[C@@H]2O1. The number of phenols is 1. The van der Waals surface area contributed by atoms with Gasteiger partial charge in [0.05, 0.1) is 12.2 Å². The number of aromatic hydroxyl groups is 1. The zero-order valence-electron chi connectivity index (χ0n) is 17.2. The number of para-hydroxylation sites is 2. The number of rotatable bonds is 4. The predicted octanol–water partition coefficient (Wildman–Crippen LogP) is 0.843. The quantitative estimate of drug-likeness (QED) is 0.610. The molecule has 0 aliphatic carbocycles. The van der Waals surface area contributed by atoms with Crippen LogP contribution in [0.25, 0.3) is 0 Å². The Kier molecular flexibility index (Phi) is 5.23. The molecule has 0 unspecified atom stereocenters. The van der Waals surface area contributed by atoms with E-state index in [1.54, 1.807) is 45.9 Å². The first-order valence-electron chi connectivity index (χ1n) is 9.77. The molecule has 3 heterocycles. The predicted molar refractivity (Wildman–Crippen MR) is 102 cm³/mol. The van der Waals surface area contributed by atoms with E-state index < -0.39 is 54.1 Å². The largest absolute Gasteiger partial charge is 0.506 e. The van der Waals surface area contributed by atoms with Crippen LogP contribution in [-0.2, 0) is 33.3 Å². The van der Waals surface area contributed by atoms with Crippen molar-refractivity contribution in [3.63, 3.8) is 0 Å². The molecule has 0 radical (unpaired) electrons. The standard InChI is InChI=1S/C20H26N2O8/c1-19(2)27-13-14(28-19)16-18(30-20(3,4)29-16)26-15(13)17(25)21-9-12(24)22-10-7-5-6-8-11(10)23/h5-8,13-16,18,23H,9H2,1-4H3,(H,21,25)(H,22,24)/t13-,14-,15+,16+,18+/m1/s1. The van der Waals surface area contributed by atoms with Crippen molar-refractivity contribution in [1.82, 2.24) is 5.32 Å². The summed E-state index contributed by atoms with van der Waals surface area (Å²) in [4.78, 5) is 25.0. The highest BCUT2D eigenvalue weighted by atomic mass is 16.9. The molecule has 4 rings (SSSR count). The fourth-order valence-electron chi connectivity index (χ4n) is 3.87. The van der Waals surface area contributed by atoms with Crippen molar-refractivity contribution < 1.29 is 38.4 Å². The summed E-state index contributed by atoms with van der Waals surface area (Å²) in [5.41, 5.74) is 0.251. The zero-order valence-corrected chi connectivity index (χ0v) is 17.2. The molecule has 1 aromatic carbocycles. The minimum atomic E-state index is -1.05. The third-order valence-corrected chi connectivity index (χ3v) is 5.01. The van der Waals surface area contributed by atoms with Gasteiger partial charge < -0.3 is 39.4 Å². The number of ether oxygens (including phenoxy) is 5. The number of amides is 2. The Labute approximate surface area is 173 Å². The molecule has 10 nitrogen and oxygen atoms in total. The molecule has 5 atom stereocenters. The van der Waals surface area contributed by atoms with E-state index in [4.69, 9.17) is 23.7 Å². The van der Waals surface area contributed by atoms with Crippen molar-refractivity contribution in [1.29, 1.82) is 0 Å². The molecule has 0 saturated carbocycles. The highest BCUT2D eigenvalue weighted by molar-refractivity contribution is 5.96. The van der Waals surface area contributed by atoms with Crippen LogP contribution in [0.4, 0.5) is 5.69 Å². The lowest BCUT2D eigenvalue weighted by Gasteiger charge is -2.36. The second kappa shape index (κ2) is 7.47. The van der Waals surface area contributed by atoms with Crippen LogP contribution in [0.15, 0.2) is 24.3 Å². The summed E-state index contributed by atoms with van der Waals surface area (Å²) < 4.78 is 29.4. The van der Waals surface area contributed by atoms with Crippen molar-refractivity contribution in [2.45, 2.75) is 70.0 Å². The Hall–Kier alpha value is -2.24. The summed E-state index contributed by atoms with van der Waals surface area (Å²) in [5, 5.41) is 14.8. The van der Waals surface area contributed by atoms with Crippen LogP contribution in [0.2, 0.25) is 0 Å². The normalized spacial score (nSPS) is 33.4. The third-order valence-electron chi connectivity index (χ3n) is 5.01. The van der Waals surface area contributed by atoms with Gasteiger partial charge in [0.25, 0.3) is 5.91 Å². The Morgan fingerprint density at radius 1 is 0.967 bits per heavy atom. The molecule has 3 fully saturated rings. The molecule has 0 aromatic heterocycles. The third kappa shape index (κ3) is 4.14. The second-order valence-electron chi connectivity index (χ2n) is 8.37. The number of carbonyl (C=O) groups excluding carboxylic acids is 2. The number of hydrogen-bond acceptors (Lipinski definition) is 8. The summed E-state index contributed by atoms with van der Waals surface area (Å²) in [7, 11) is 0. The van der Waals surface area contributed by atoms with Gasteiger partial charge in [0.15, 0.2) is 24.0 Å². The molecule has 0 bridgehead atoms. The summed E-state index contributed by atoms with van der Waals surface area (Å²) in [6, 6.07) is 6.31. The topological polar surface area (TPSA) is 125 Å². The molecule has 0 spiro atoms. The van der Waals surface area contributed by atoms with Crippen LogP contribution in [0, 0.1) is 0 Å². The first-order chi connectivity index (χ1) is 14.0. The zero-order chi connectivity index (χ0) is 21.7. The number of carbonyl (C=O) groups is 2. The van der Waals surface area contributed by atoms with E-state index in [0.29, 0.717) is 0 Å². The Balaban J connectivity index is 1.41. The monoisotopic (exact) mass is 422 g/mol. The second-order valence-corrected chi connectivity index (χ2v) is 8.37. The molecular weight excluding hydrogens is 396 g/mol. The fourth-order valence-corrected chi connectivity index (χ4v) is 3.87. The summed E-state index contributed by atoms with van der Waals surface area (Å²) >= 11 is 0. The Bertz CT molecular complexity index is 842. The van der Waals surface area contributed by atoms with Gasteiger partial charge in [0.1, 0.15) is 24.1 Å². The average molecular weight is 422 g/mol. The molecule has 30 heavy (non-hydrogen) atoms. The summed E-state index contributed by atoms with van der Waals surface area (Å²) in [6.07, 6.45) is -3.68. The van der Waals surface area contributed by atoms with Gasteiger partial charge in [0.2, 0.25) is 5.91 Å². The van der Waals surface area contributed by atoms with E-state index in [2.05, 4.69) is 10.6 Å². The fraction of sp³-hybridized carbons (Fsp3) is 0.600. The van der Waals surface area contributed by atoms with Crippen molar-refractivity contribution in [2.24, 2.45) is 0 Å². The van der Waals surface area contributed by atoms with E-state index in [0.717, 1.165) is 0 Å². The van der Waals surface area contributed by atoms with Gasteiger partial charge in [-0.1, -0.05) is 12.1 Å². The maximum absolute atomic E-state index is 12.8. The molecule has 2 amide bonds. The molecule has 164 valence electrons. The van der Waals surface area contributed by atoms with Crippen LogP contribution in [0.5, 0.6) is 5.75 Å². The summed E-state index contributed by atoms with van der Waals surface area (Å²) in [5.74, 6) is -2.92. The number of nitrogens with one attached hydrogen (secondary N) is 2. The van der Waals surface area contributed by atoms with E-state index in [-0.39, 0.29) is 18.0 Å². The smallest absolute Gasteiger partial charge is 0.252 e. The van der Waals surface area contributed by atoms with Crippen LogP contribution in [0.1, 0.15) is 27.7 Å². The van der Waals surface area contributed by atoms with Gasteiger partial charge in [-0.2, -0.15) is 0 Å². The van der Waals surface area contributed by atoms with Crippen LogP contribution < -0.4 is 10.6 Å². The van der Waals surface area contributed by atoms with E-state index >= 15 is 0 Å². The molecule has 10 heteroatoms. The van der Waals surface area contributed by atoms with Crippen LogP contribution in [0.3, 0.4) is 0 Å². The lowest BCUT2D eigenvalue weighted by atomic mass is 9.98. The minimum Gasteiger partial charge on any atom is -0.506 e. The number of benzene rings is 1. The van der Waals surface area contributed by atoms with E-state index in [9.17, 15) is 14.7 Å². The van der Waals surface area contributed by atoms with Crippen molar-refractivity contribution in [3.05, 3.63) is 24.3 Å². The number of hydrogen-bond donors (Lipinski definition) is 3. The van der Waals surface area contributed by atoms with Gasteiger partial charge in [-0.05, 0) is 39.8 Å². The molecule has 3 saturated heterocycles. The van der Waals surface area contributed by atoms with Crippen molar-refractivity contribution in [3.8, 4) is 5.75 Å². The van der Waals surface area contributed by atoms with E-state index in [1.807, 2.05) is 0 Å². The molecule has 3 aliphatic heterocycles. The minimum absolute atomic E-state index is 0.0681. The van der Waals surface area contributed by atoms with Gasteiger partial charge in [0, 0.05) is 0 Å². The highest BCUT2D eigenvalue weighted by Crippen LogP contribution is 2.44. The van der Waals surface area contributed by atoms with Gasteiger partial charge >= 0.3 is 0 Å². The number of phenolic OH excluding ortho intramolecular Hbond substituents is 1. The van der Waals surface area contributed by atoms with Crippen molar-refractivity contribution in [2.75, 3.05) is 11.9 Å². The average Bonchev–Trinajstić information content (AvgIpc) is 3.14. The highest BCUT2D eigenvalue weighted by Gasteiger charge is 2.62. The first kappa shape index (κ1) is 21.0. The molecule has 1 aromatic rings. The van der Waals surface area contributed by atoms with Crippen LogP contribution in [-0.4, -0.2) is 65.7 Å². The lowest BCUT2D eigenvalue weighted by molar-refractivity contribution is -0.231. The summed E-state index contributed by atoms with van der Waals surface area (Å²) in [6.45, 7) is 6.68. The lowest BCUT2D eigenvalue weighted by Crippen LogP contribution is -2.59. The van der Waals surface area contributed by atoms with Gasteiger partial charge in [-0.15, -0.1) is 0 Å². The Morgan fingerprint density at radius 2 is 1.60 bits per heavy atom. The Morgan fingerprint density at radius 3 is 2.33 bits per heavy atom. The van der Waals surface area contributed by atoms with Crippen molar-refractivity contribution >= 4 is 17.5 Å². The molecule has 3 aliphatic rings. The maximum atomic E-state index is 12.8. The molecular formula is C20H26N2O8. The van der Waals surface area contributed by atoms with E-state index in [1.165, 1.54) is 6.07 Å². The van der Waals surface area contributed by atoms with Gasteiger partial charge in [-0.25, -0.2) is 0 Å².